The maximum Gasteiger partial charge on any atom is 0.133 e. The Kier molecular flexibility index (Phi) is 3.00. The summed E-state index contributed by atoms with van der Waals surface area (Å²) in [6.07, 6.45) is 2.44. The molecule has 0 aromatic heterocycles. The highest BCUT2D eigenvalue weighted by Crippen LogP contribution is 2.46. The van der Waals surface area contributed by atoms with Crippen molar-refractivity contribution in [3.63, 3.8) is 0 Å². The van der Waals surface area contributed by atoms with Crippen molar-refractivity contribution in [2.75, 3.05) is 0 Å². The molecule has 0 amide bonds. The Morgan fingerprint density at radius 3 is 2.00 bits per heavy atom. The van der Waals surface area contributed by atoms with Crippen LogP contribution in [0.1, 0.15) is 26.7 Å². The second-order valence-electron chi connectivity index (χ2n) is 5.63. The first kappa shape index (κ1) is 11.0. The van der Waals surface area contributed by atoms with Crippen LogP contribution < -0.4 is 0 Å². The Hall–Kier alpha value is -0.113. The summed E-state index contributed by atoms with van der Waals surface area (Å²) in [7, 11) is -1.03. The molecule has 0 heterocycles. The van der Waals surface area contributed by atoms with Gasteiger partial charge in [0.25, 0.3) is 0 Å². The molecule has 1 saturated carbocycles. The lowest BCUT2D eigenvalue weighted by atomic mass is 9.94. The monoisotopic (exact) mass is 198 g/mol. The van der Waals surface area contributed by atoms with Crippen molar-refractivity contribution in [2.24, 2.45) is 11.8 Å². The Bertz CT molecular complexity index is 205. The number of carbonyl (C=O) groups excluding carboxylic acids is 1. The predicted molar refractivity (Wildman–Crippen MR) is 59.7 cm³/mol. The highest BCUT2D eigenvalue weighted by molar-refractivity contribution is 6.77. The first-order chi connectivity index (χ1) is 5.84. The minimum Gasteiger partial charge on any atom is -0.300 e. The standard InChI is InChI=1S/C11H22OSi/c1-8-10(9(2)12)6-7-11(8)13(3,4)5/h8,10-11H,6-7H2,1-5H3/t8-,10-,11+/m0/s1. The van der Waals surface area contributed by atoms with Gasteiger partial charge in [-0.2, -0.15) is 0 Å². The van der Waals surface area contributed by atoms with Gasteiger partial charge in [0.1, 0.15) is 5.78 Å². The molecule has 0 N–H and O–H groups in total. The second-order valence-corrected chi connectivity index (χ2v) is 11.1. The summed E-state index contributed by atoms with van der Waals surface area (Å²) in [5.41, 5.74) is 0.862. The van der Waals surface area contributed by atoms with Gasteiger partial charge in [-0.1, -0.05) is 33.0 Å². The Balaban J connectivity index is 2.71. The molecule has 0 aromatic carbocycles. The van der Waals surface area contributed by atoms with Crippen LogP contribution in [0, 0.1) is 11.8 Å². The number of ketones is 1. The zero-order chi connectivity index (χ0) is 10.2. The van der Waals surface area contributed by atoms with Crippen molar-refractivity contribution < 1.29 is 4.79 Å². The van der Waals surface area contributed by atoms with Crippen molar-refractivity contribution in [1.82, 2.24) is 0 Å². The van der Waals surface area contributed by atoms with Crippen LogP contribution >= 0.6 is 0 Å². The van der Waals surface area contributed by atoms with Crippen LogP contribution in [0.15, 0.2) is 0 Å². The number of hydrogen-bond donors (Lipinski definition) is 0. The molecule has 1 aliphatic rings. The van der Waals surface area contributed by atoms with Gasteiger partial charge in [-0.05, 0) is 24.8 Å². The summed E-state index contributed by atoms with van der Waals surface area (Å²) in [5, 5.41) is 0. The van der Waals surface area contributed by atoms with Crippen molar-refractivity contribution in [3.8, 4) is 0 Å². The molecule has 2 heteroatoms. The molecule has 3 atom stereocenters. The highest BCUT2D eigenvalue weighted by atomic mass is 28.3. The molecule has 0 saturated heterocycles. The average Bonchev–Trinajstić information content (AvgIpc) is 2.28. The topological polar surface area (TPSA) is 17.1 Å². The first-order valence-electron chi connectivity index (χ1n) is 5.34. The van der Waals surface area contributed by atoms with Crippen LogP contribution in [0.25, 0.3) is 0 Å². The van der Waals surface area contributed by atoms with Gasteiger partial charge in [0, 0.05) is 14.0 Å². The van der Waals surface area contributed by atoms with Crippen molar-refractivity contribution in [2.45, 2.75) is 51.9 Å². The van der Waals surface area contributed by atoms with Crippen molar-refractivity contribution in [3.05, 3.63) is 0 Å². The summed E-state index contributed by atoms with van der Waals surface area (Å²) >= 11 is 0. The van der Waals surface area contributed by atoms with E-state index >= 15 is 0 Å². The van der Waals surface area contributed by atoms with Crippen LogP contribution in [0.5, 0.6) is 0 Å². The van der Waals surface area contributed by atoms with E-state index in [-0.39, 0.29) is 0 Å². The van der Waals surface area contributed by atoms with Crippen LogP contribution in [0.4, 0.5) is 0 Å². The highest BCUT2D eigenvalue weighted by Gasteiger charge is 2.41. The molecular weight excluding hydrogens is 176 g/mol. The molecule has 1 fully saturated rings. The molecule has 0 aromatic rings. The lowest BCUT2D eigenvalue weighted by molar-refractivity contribution is -0.121. The summed E-state index contributed by atoms with van der Waals surface area (Å²) < 4.78 is 0. The molecule has 1 nitrogen and oxygen atoms in total. The van der Waals surface area contributed by atoms with E-state index < -0.39 is 8.07 Å². The van der Waals surface area contributed by atoms with Gasteiger partial charge in [-0.25, -0.2) is 0 Å². The minimum absolute atomic E-state index is 0.372. The third-order valence-electron chi connectivity index (χ3n) is 3.69. The third kappa shape index (κ3) is 2.22. The summed E-state index contributed by atoms with van der Waals surface area (Å²) in [6.45, 7) is 11.3. The molecule has 1 rings (SSSR count). The molecule has 1 aliphatic carbocycles. The van der Waals surface area contributed by atoms with Gasteiger partial charge in [0.2, 0.25) is 0 Å². The Morgan fingerprint density at radius 1 is 1.23 bits per heavy atom. The molecular formula is C11H22OSi. The fourth-order valence-electron chi connectivity index (χ4n) is 2.96. The van der Waals surface area contributed by atoms with Gasteiger partial charge in [0.15, 0.2) is 0 Å². The molecule has 0 radical (unpaired) electrons. The molecule has 13 heavy (non-hydrogen) atoms. The van der Waals surface area contributed by atoms with Crippen LogP contribution in [-0.4, -0.2) is 13.9 Å². The fourth-order valence-corrected chi connectivity index (χ4v) is 5.80. The first-order valence-corrected chi connectivity index (χ1v) is 8.92. The van der Waals surface area contributed by atoms with E-state index in [2.05, 4.69) is 26.6 Å². The number of hydrogen-bond acceptors (Lipinski definition) is 1. The van der Waals surface area contributed by atoms with Crippen molar-refractivity contribution >= 4 is 13.9 Å². The number of rotatable bonds is 2. The quantitative estimate of drug-likeness (QED) is 0.622. The van der Waals surface area contributed by atoms with Crippen LogP contribution in [0.3, 0.4) is 0 Å². The molecule has 0 bridgehead atoms. The van der Waals surface area contributed by atoms with E-state index in [0.717, 1.165) is 12.0 Å². The largest absolute Gasteiger partial charge is 0.300 e. The zero-order valence-electron chi connectivity index (χ0n) is 9.55. The van der Waals surface area contributed by atoms with E-state index in [1.807, 2.05) is 0 Å². The average molecular weight is 198 g/mol. The maximum atomic E-state index is 11.3. The van der Waals surface area contributed by atoms with E-state index in [1.165, 1.54) is 6.42 Å². The zero-order valence-corrected chi connectivity index (χ0v) is 10.6. The predicted octanol–water partition coefficient (Wildman–Crippen LogP) is 3.33. The maximum absolute atomic E-state index is 11.3. The Labute approximate surface area is 82.9 Å². The van der Waals surface area contributed by atoms with E-state index in [0.29, 0.717) is 17.6 Å². The van der Waals surface area contributed by atoms with Crippen molar-refractivity contribution in [1.29, 1.82) is 0 Å². The SMILES string of the molecule is CC(=O)[C@H]1CC[C@@H]([Si](C)(C)C)[C@H]1C. The van der Waals surface area contributed by atoms with Gasteiger partial charge < -0.3 is 0 Å². The third-order valence-corrected chi connectivity index (χ3v) is 6.73. The smallest absolute Gasteiger partial charge is 0.133 e. The van der Waals surface area contributed by atoms with E-state index in [9.17, 15) is 4.79 Å². The molecule has 76 valence electrons. The van der Waals surface area contributed by atoms with E-state index in [4.69, 9.17) is 0 Å². The fraction of sp³-hybridized carbons (Fsp3) is 0.909. The van der Waals surface area contributed by atoms with Crippen LogP contribution in [0.2, 0.25) is 25.2 Å². The van der Waals surface area contributed by atoms with Gasteiger partial charge in [0.05, 0.1) is 0 Å². The lowest BCUT2D eigenvalue weighted by Gasteiger charge is -2.30. The number of Topliss-reactive ketones (excluding diaryl/α,β-unsaturated/α-hetero) is 1. The lowest BCUT2D eigenvalue weighted by Crippen LogP contribution is -2.31. The normalized spacial score (nSPS) is 35.0. The Morgan fingerprint density at radius 2 is 1.77 bits per heavy atom. The van der Waals surface area contributed by atoms with Crippen LogP contribution in [-0.2, 0) is 4.79 Å². The van der Waals surface area contributed by atoms with E-state index in [1.54, 1.807) is 6.92 Å². The van der Waals surface area contributed by atoms with Gasteiger partial charge in [-0.3, -0.25) is 4.79 Å². The summed E-state index contributed by atoms with van der Waals surface area (Å²) in [4.78, 5) is 11.3. The van der Waals surface area contributed by atoms with Gasteiger partial charge >= 0.3 is 0 Å². The summed E-state index contributed by atoms with van der Waals surface area (Å²) in [6, 6.07) is 0. The molecule has 0 unspecified atom stereocenters. The minimum atomic E-state index is -1.03. The summed E-state index contributed by atoms with van der Waals surface area (Å²) in [5.74, 6) is 1.43. The number of carbonyl (C=O) groups is 1. The van der Waals surface area contributed by atoms with Gasteiger partial charge in [-0.15, -0.1) is 0 Å². The second kappa shape index (κ2) is 3.56. The molecule has 0 spiro atoms. The molecule has 0 aliphatic heterocycles.